The number of carbonyl (C=O) groups excluding carboxylic acids is 1. The van der Waals surface area contributed by atoms with Gasteiger partial charge in [0, 0.05) is 18.1 Å². The molecular weight excluding hydrogens is 188 g/mol. The average molecular weight is 198 g/mol. The third-order valence-electron chi connectivity index (χ3n) is 2.01. The van der Waals surface area contributed by atoms with Crippen LogP contribution in [0.2, 0.25) is 0 Å². The van der Waals surface area contributed by atoms with Gasteiger partial charge in [0.05, 0.1) is 0 Å². The minimum atomic E-state index is -0.311. The van der Waals surface area contributed by atoms with Crippen LogP contribution in [-0.4, -0.2) is 12.1 Å². The number of benzene rings is 1. The van der Waals surface area contributed by atoms with E-state index in [0.717, 1.165) is 5.56 Å². The maximum absolute atomic E-state index is 10.9. The van der Waals surface area contributed by atoms with Gasteiger partial charge in [0.25, 0.3) is 0 Å². The standard InChI is InChI=1S/C13H10O2/c14-13-8-4-7-12(15-13)10-9-11-5-2-1-3-6-11/h1-6,8,12H,7H2. The van der Waals surface area contributed by atoms with Crippen LogP contribution in [-0.2, 0) is 9.53 Å². The summed E-state index contributed by atoms with van der Waals surface area (Å²) in [6.07, 6.45) is 3.59. The van der Waals surface area contributed by atoms with Crippen molar-refractivity contribution in [1.29, 1.82) is 0 Å². The van der Waals surface area contributed by atoms with Crippen LogP contribution in [0.25, 0.3) is 0 Å². The van der Waals surface area contributed by atoms with E-state index in [-0.39, 0.29) is 12.1 Å². The van der Waals surface area contributed by atoms with Crippen LogP contribution in [0, 0.1) is 11.8 Å². The van der Waals surface area contributed by atoms with Crippen LogP contribution in [0.4, 0.5) is 0 Å². The highest BCUT2D eigenvalue weighted by atomic mass is 16.5. The average Bonchev–Trinajstić information content (AvgIpc) is 2.28. The van der Waals surface area contributed by atoms with Crippen molar-refractivity contribution in [3.63, 3.8) is 0 Å². The first kappa shape index (κ1) is 9.54. The van der Waals surface area contributed by atoms with Crippen LogP contribution in [0.5, 0.6) is 0 Å². The van der Waals surface area contributed by atoms with Gasteiger partial charge in [-0.1, -0.05) is 36.1 Å². The van der Waals surface area contributed by atoms with Crippen molar-refractivity contribution in [2.45, 2.75) is 12.5 Å². The smallest absolute Gasteiger partial charge is 0.331 e. The molecule has 0 saturated carbocycles. The second kappa shape index (κ2) is 4.47. The number of cyclic esters (lactones) is 1. The topological polar surface area (TPSA) is 26.3 Å². The van der Waals surface area contributed by atoms with E-state index in [1.54, 1.807) is 6.08 Å². The first-order valence-corrected chi connectivity index (χ1v) is 4.78. The molecule has 0 radical (unpaired) electrons. The molecule has 0 amide bonds. The molecule has 1 unspecified atom stereocenters. The third-order valence-corrected chi connectivity index (χ3v) is 2.01. The largest absolute Gasteiger partial charge is 0.446 e. The van der Waals surface area contributed by atoms with Gasteiger partial charge in [0.1, 0.15) is 0 Å². The lowest BCUT2D eigenvalue weighted by Gasteiger charge is -2.11. The molecule has 0 N–H and O–H groups in total. The summed E-state index contributed by atoms with van der Waals surface area (Å²) >= 11 is 0. The number of rotatable bonds is 0. The summed E-state index contributed by atoms with van der Waals surface area (Å²) in [6, 6.07) is 9.64. The van der Waals surface area contributed by atoms with E-state index in [1.807, 2.05) is 30.3 Å². The molecule has 1 aliphatic heterocycles. The normalized spacial score (nSPS) is 18.9. The SMILES string of the molecule is O=C1C=CCC(C#Cc2ccccc2)O1. The second-order valence-corrected chi connectivity index (χ2v) is 3.20. The van der Waals surface area contributed by atoms with Crippen molar-refractivity contribution in [3.05, 3.63) is 48.0 Å². The molecule has 74 valence electrons. The van der Waals surface area contributed by atoms with Gasteiger partial charge in [-0.2, -0.15) is 0 Å². The van der Waals surface area contributed by atoms with Crippen LogP contribution in [0.3, 0.4) is 0 Å². The Balaban J connectivity index is 2.06. The van der Waals surface area contributed by atoms with Gasteiger partial charge in [-0.05, 0) is 12.1 Å². The van der Waals surface area contributed by atoms with E-state index in [2.05, 4.69) is 11.8 Å². The summed E-state index contributed by atoms with van der Waals surface area (Å²) in [7, 11) is 0. The summed E-state index contributed by atoms with van der Waals surface area (Å²) in [4.78, 5) is 10.9. The van der Waals surface area contributed by atoms with Gasteiger partial charge in [0.15, 0.2) is 6.10 Å². The summed E-state index contributed by atoms with van der Waals surface area (Å²) in [6.45, 7) is 0. The first-order valence-electron chi connectivity index (χ1n) is 4.78. The quantitative estimate of drug-likeness (QED) is 0.470. The van der Waals surface area contributed by atoms with Crippen molar-refractivity contribution in [2.75, 3.05) is 0 Å². The molecule has 1 atom stereocenters. The molecule has 1 aromatic rings. The summed E-state index contributed by atoms with van der Waals surface area (Å²) in [5, 5.41) is 0. The van der Waals surface area contributed by atoms with E-state index in [9.17, 15) is 4.79 Å². The fraction of sp³-hybridized carbons (Fsp3) is 0.154. The second-order valence-electron chi connectivity index (χ2n) is 3.20. The number of hydrogen-bond donors (Lipinski definition) is 0. The van der Waals surface area contributed by atoms with Crippen molar-refractivity contribution in [1.82, 2.24) is 0 Å². The Bertz CT molecular complexity index is 435. The lowest BCUT2D eigenvalue weighted by atomic mass is 10.1. The predicted octanol–water partition coefficient (Wildman–Crippen LogP) is 1.91. The maximum atomic E-state index is 10.9. The molecule has 0 aliphatic carbocycles. The van der Waals surface area contributed by atoms with Crippen LogP contribution >= 0.6 is 0 Å². The Morgan fingerprint density at radius 1 is 1.27 bits per heavy atom. The fourth-order valence-corrected chi connectivity index (χ4v) is 1.29. The molecule has 1 heterocycles. The molecule has 1 aliphatic rings. The molecular formula is C13H10O2. The Morgan fingerprint density at radius 3 is 2.80 bits per heavy atom. The summed E-state index contributed by atoms with van der Waals surface area (Å²) in [5.74, 6) is 5.59. The van der Waals surface area contributed by atoms with Crippen molar-refractivity contribution in [3.8, 4) is 11.8 Å². The Kier molecular flexibility index (Phi) is 2.85. The molecule has 0 bridgehead atoms. The molecule has 0 spiro atoms. The van der Waals surface area contributed by atoms with Gasteiger partial charge in [-0.25, -0.2) is 4.79 Å². The number of hydrogen-bond acceptors (Lipinski definition) is 2. The highest BCUT2D eigenvalue weighted by Gasteiger charge is 2.12. The Hall–Kier alpha value is -2.01. The van der Waals surface area contributed by atoms with Crippen LogP contribution in [0.1, 0.15) is 12.0 Å². The zero-order valence-corrected chi connectivity index (χ0v) is 8.14. The van der Waals surface area contributed by atoms with E-state index in [4.69, 9.17) is 4.74 Å². The highest BCUT2D eigenvalue weighted by Crippen LogP contribution is 2.06. The number of ether oxygens (including phenoxy) is 1. The molecule has 1 aromatic carbocycles. The minimum Gasteiger partial charge on any atom is -0.446 e. The number of esters is 1. The Labute approximate surface area is 88.6 Å². The van der Waals surface area contributed by atoms with Gasteiger partial charge in [0.2, 0.25) is 0 Å². The van der Waals surface area contributed by atoms with Crippen molar-refractivity contribution in [2.24, 2.45) is 0 Å². The van der Waals surface area contributed by atoms with E-state index in [0.29, 0.717) is 6.42 Å². The maximum Gasteiger partial charge on any atom is 0.331 e. The van der Waals surface area contributed by atoms with E-state index in [1.165, 1.54) is 6.08 Å². The molecule has 15 heavy (non-hydrogen) atoms. The van der Waals surface area contributed by atoms with Gasteiger partial charge < -0.3 is 4.74 Å². The van der Waals surface area contributed by atoms with Gasteiger partial charge in [-0.15, -0.1) is 0 Å². The Morgan fingerprint density at radius 2 is 2.07 bits per heavy atom. The highest BCUT2D eigenvalue weighted by molar-refractivity contribution is 5.83. The first-order chi connectivity index (χ1) is 7.34. The molecule has 2 heteroatoms. The lowest BCUT2D eigenvalue weighted by molar-refractivity contribution is -0.141. The fourth-order valence-electron chi connectivity index (χ4n) is 1.29. The lowest BCUT2D eigenvalue weighted by Crippen LogP contribution is -2.17. The van der Waals surface area contributed by atoms with Gasteiger partial charge in [-0.3, -0.25) is 0 Å². The third kappa shape index (κ3) is 2.72. The van der Waals surface area contributed by atoms with Crippen molar-refractivity contribution < 1.29 is 9.53 Å². The van der Waals surface area contributed by atoms with E-state index >= 15 is 0 Å². The monoisotopic (exact) mass is 198 g/mol. The van der Waals surface area contributed by atoms with E-state index < -0.39 is 0 Å². The van der Waals surface area contributed by atoms with Crippen LogP contribution in [0.15, 0.2) is 42.5 Å². The minimum absolute atomic E-state index is 0.303. The summed E-state index contributed by atoms with van der Waals surface area (Å²) in [5.41, 5.74) is 0.933. The summed E-state index contributed by atoms with van der Waals surface area (Å²) < 4.78 is 5.01. The zero-order valence-electron chi connectivity index (χ0n) is 8.14. The van der Waals surface area contributed by atoms with Crippen molar-refractivity contribution >= 4 is 5.97 Å². The molecule has 2 nitrogen and oxygen atoms in total. The zero-order chi connectivity index (χ0) is 10.5. The molecule has 0 fully saturated rings. The molecule has 0 aromatic heterocycles. The van der Waals surface area contributed by atoms with Gasteiger partial charge >= 0.3 is 5.97 Å². The molecule has 0 saturated heterocycles. The predicted molar refractivity (Wildman–Crippen MR) is 57.0 cm³/mol. The molecule has 2 rings (SSSR count). The van der Waals surface area contributed by atoms with Crippen LogP contribution < -0.4 is 0 Å². The number of carbonyl (C=O) groups is 1.